The van der Waals surface area contributed by atoms with Crippen LogP contribution in [0.25, 0.3) is 0 Å². The van der Waals surface area contributed by atoms with Crippen molar-refractivity contribution >= 4 is 53.5 Å². The van der Waals surface area contributed by atoms with E-state index in [2.05, 4.69) is 13.1 Å². The number of aryl methyl sites for hydroxylation is 1. The van der Waals surface area contributed by atoms with Gasteiger partial charge < -0.3 is 23.8 Å². The van der Waals surface area contributed by atoms with Crippen LogP contribution in [0.2, 0.25) is 0 Å². The Bertz CT molecular complexity index is 1040. The number of thioether (sulfide) groups is 1. The summed E-state index contributed by atoms with van der Waals surface area (Å²) in [5.74, 6) is 0.0131. The number of phosphoric acid groups is 3. The van der Waals surface area contributed by atoms with Gasteiger partial charge in [0.1, 0.15) is 13.6 Å². The number of rotatable bonds is 11. The lowest BCUT2D eigenvalue weighted by Crippen LogP contribution is -2.30. The van der Waals surface area contributed by atoms with E-state index in [-0.39, 0.29) is 17.3 Å². The van der Waals surface area contributed by atoms with E-state index in [0.29, 0.717) is 0 Å². The molecule has 0 bridgehead atoms. The fourth-order valence-electron chi connectivity index (χ4n) is 2.52. The predicted octanol–water partition coefficient (Wildman–Crippen LogP) is 0.812. The second kappa shape index (κ2) is 10.6. The SMILES string of the molecule is BC1CC(OS(=O)(=O)Oc2ccc(C)cc2)C(COP(=O)(O)OP(=O)(O)OP(=O)(O)O)S1. The zero-order valence-electron chi connectivity index (χ0n) is 16.5. The van der Waals surface area contributed by atoms with Crippen LogP contribution in [0, 0.1) is 6.92 Å². The Balaban J connectivity index is 1.99. The molecule has 182 valence electrons. The van der Waals surface area contributed by atoms with Gasteiger partial charge in [-0.25, -0.2) is 17.9 Å². The van der Waals surface area contributed by atoms with Crippen molar-refractivity contribution in [1.29, 1.82) is 0 Å². The zero-order chi connectivity index (χ0) is 24.4. The van der Waals surface area contributed by atoms with E-state index in [4.69, 9.17) is 23.0 Å². The largest absolute Gasteiger partial charge is 0.490 e. The number of phosphoric ester groups is 1. The molecule has 5 atom stereocenters. The molecule has 20 heteroatoms. The smallest absolute Gasteiger partial charge is 0.362 e. The molecular weight excluding hydrogens is 536 g/mol. The monoisotopic (exact) mass is 556 g/mol. The molecule has 1 aromatic rings. The molecule has 0 aliphatic carbocycles. The minimum absolute atomic E-state index is 0.0131. The van der Waals surface area contributed by atoms with Crippen molar-refractivity contribution in [2.24, 2.45) is 0 Å². The molecule has 1 saturated heterocycles. The lowest BCUT2D eigenvalue weighted by atomic mass is 9.97. The van der Waals surface area contributed by atoms with Crippen molar-refractivity contribution < 1.29 is 63.2 Å². The topological polar surface area (TPSA) is 212 Å². The van der Waals surface area contributed by atoms with E-state index in [9.17, 15) is 27.0 Å². The van der Waals surface area contributed by atoms with Crippen LogP contribution < -0.4 is 4.18 Å². The number of benzene rings is 1. The molecule has 5 unspecified atom stereocenters. The van der Waals surface area contributed by atoms with Crippen molar-refractivity contribution in [2.75, 3.05) is 6.61 Å². The van der Waals surface area contributed by atoms with Gasteiger partial charge in [0.25, 0.3) is 0 Å². The summed E-state index contributed by atoms with van der Waals surface area (Å²) in [6.45, 7) is 1.12. The zero-order valence-corrected chi connectivity index (χ0v) is 20.8. The van der Waals surface area contributed by atoms with E-state index < -0.39 is 51.8 Å². The Morgan fingerprint density at radius 3 is 2.22 bits per heavy atom. The van der Waals surface area contributed by atoms with E-state index in [1.165, 1.54) is 12.1 Å². The Morgan fingerprint density at radius 1 is 1.06 bits per heavy atom. The summed E-state index contributed by atoms with van der Waals surface area (Å²) in [7, 11) is -19.3. The summed E-state index contributed by atoms with van der Waals surface area (Å²) in [5.41, 5.74) is 0.878. The third-order valence-corrected chi connectivity index (χ3v) is 9.79. The normalized spacial score (nSPS) is 25.7. The molecule has 32 heavy (non-hydrogen) atoms. The average Bonchev–Trinajstić information content (AvgIpc) is 2.90. The average molecular weight is 556 g/mol. The van der Waals surface area contributed by atoms with Gasteiger partial charge in [-0.1, -0.05) is 17.7 Å². The minimum atomic E-state index is -5.66. The first-order valence-corrected chi connectivity index (χ1v) is 15.4. The van der Waals surface area contributed by atoms with Crippen molar-refractivity contribution in [3.8, 4) is 5.75 Å². The third kappa shape index (κ3) is 9.94. The standard InChI is InChI=1S/C12H20BO14P3S2/c1-8-2-4-9(5-3-8)24-32(21,22)25-10-6-12(13)31-11(10)7-23-29(17,18)27-30(19,20)26-28(14,15)16/h2-5,10-12H,6-7,13H2,1H3,(H,17,18)(H,19,20)(H2,14,15,16). The highest BCUT2D eigenvalue weighted by Crippen LogP contribution is 2.66. The molecule has 0 spiro atoms. The first-order valence-electron chi connectivity index (χ1n) is 8.58. The van der Waals surface area contributed by atoms with Gasteiger partial charge in [0.15, 0.2) is 0 Å². The summed E-state index contributed by atoms with van der Waals surface area (Å²) in [5, 5.41) is -0.990. The molecule has 1 aliphatic heterocycles. The van der Waals surface area contributed by atoms with E-state index in [1.54, 1.807) is 26.9 Å². The highest BCUT2D eigenvalue weighted by Gasteiger charge is 2.43. The van der Waals surface area contributed by atoms with Crippen LogP contribution >= 0.6 is 35.2 Å². The summed E-state index contributed by atoms with van der Waals surface area (Å²) in [4.78, 5) is 35.8. The summed E-state index contributed by atoms with van der Waals surface area (Å²) in [6, 6.07) is 6.11. The summed E-state index contributed by atoms with van der Waals surface area (Å²) in [6.07, 6.45) is -0.844. The molecule has 14 nitrogen and oxygen atoms in total. The van der Waals surface area contributed by atoms with Gasteiger partial charge >= 0.3 is 33.9 Å². The molecular formula is C12H20BO14P3S2. The summed E-state index contributed by atoms with van der Waals surface area (Å²) >= 11 is 1.15. The maximum absolute atomic E-state index is 12.2. The first-order chi connectivity index (χ1) is 14.5. The van der Waals surface area contributed by atoms with Gasteiger partial charge in [-0.15, -0.1) is 0 Å². The van der Waals surface area contributed by atoms with Gasteiger partial charge in [-0.2, -0.15) is 28.8 Å². The molecule has 1 aromatic carbocycles. The third-order valence-electron chi connectivity index (χ3n) is 3.66. The lowest BCUT2D eigenvalue weighted by molar-refractivity contribution is 0.138. The van der Waals surface area contributed by atoms with Gasteiger partial charge in [-0.3, -0.25) is 4.52 Å². The predicted molar refractivity (Wildman–Crippen MR) is 114 cm³/mol. The Morgan fingerprint density at radius 2 is 1.66 bits per heavy atom. The van der Waals surface area contributed by atoms with Crippen LogP contribution in [-0.2, 0) is 41.4 Å². The van der Waals surface area contributed by atoms with Crippen LogP contribution in [0.3, 0.4) is 0 Å². The highest BCUT2D eigenvalue weighted by molar-refractivity contribution is 8.02. The molecule has 0 amide bonds. The van der Waals surface area contributed by atoms with E-state index >= 15 is 0 Å². The van der Waals surface area contributed by atoms with Crippen molar-refractivity contribution in [1.82, 2.24) is 0 Å². The van der Waals surface area contributed by atoms with Gasteiger partial charge in [0.05, 0.1) is 18.0 Å². The molecule has 4 N–H and O–H groups in total. The van der Waals surface area contributed by atoms with Gasteiger partial charge in [0, 0.05) is 0 Å². The molecule has 0 saturated carbocycles. The quantitative estimate of drug-likeness (QED) is 0.219. The molecule has 0 radical (unpaired) electrons. The fourth-order valence-corrected chi connectivity index (χ4v) is 8.02. The fraction of sp³-hybridized carbons (Fsp3) is 0.500. The number of hydrogen-bond donors (Lipinski definition) is 4. The maximum atomic E-state index is 12.2. The van der Waals surface area contributed by atoms with E-state index in [0.717, 1.165) is 17.3 Å². The molecule has 1 aliphatic rings. The maximum Gasteiger partial charge on any atom is 0.490 e. The van der Waals surface area contributed by atoms with Crippen molar-refractivity contribution in [2.45, 2.75) is 29.8 Å². The second-order valence-electron chi connectivity index (χ2n) is 6.55. The lowest BCUT2D eigenvalue weighted by Gasteiger charge is -2.21. The number of hydrogen-bond acceptors (Lipinski definition) is 11. The van der Waals surface area contributed by atoms with Crippen LogP contribution in [0.5, 0.6) is 5.75 Å². The first kappa shape index (κ1) is 28.0. The molecule has 0 aromatic heterocycles. The van der Waals surface area contributed by atoms with Gasteiger partial charge in [0.2, 0.25) is 0 Å². The highest BCUT2D eigenvalue weighted by atomic mass is 32.3. The van der Waals surface area contributed by atoms with E-state index in [1.807, 2.05) is 0 Å². The molecule has 2 rings (SSSR count). The summed E-state index contributed by atoms with van der Waals surface area (Å²) < 4.78 is 80.1. The van der Waals surface area contributed by atoms with Crippen LogP contribution in [0.1, 0.15) is 12.0 Å². The van der Waals surface area contributed by atoms with Crippen molar-refractivity contribution in [3.63, 3.8) is 0 Å². The van der Waals surface area contributed by atoms with Crippen LogP contribution in [0.4, 0.5) is 0 Å². The molecule has 1 heterocycles. The van der Waals surface area contributed by atoms with Crippen molar-refractivity contribution in [3.05, 3.63) is 29.8 Å². The van der Waals surface area contributed by atoms with Gasteiger partial charge in [-0.05, 0) is 30.6 Å². The van der Waals surface area contributed by atoms with Crippen LogP contribution in [-0.4, -0.2) is 58.9 Å². The Labute approximate surface area is 188 Å². The van der Waals surface area contributed by atoms with Crippen LogP contribution in [0.15, 0.2) is 24.3 Å². The second-order valence-corrected chi connectivity index (χ2v) is 13.8. The minimum Gasteiger partial charge on any atom is -0.362 e. The Kier molecular flexibility index (Phi) is 9.25. The molecule has 1 fully saturated rings. The Hall–Kier alpha value is -0.245.